The van der Waals surface area contributed by atoms with Crippen LogP contribution in [0.4, 0.5) is 0 Å². The summed E-state index contributed by atoms with van der Waals surface area (Å²) in [5.74, 6) is 0. The van der Waals surface area contributed by atoms with Crippen LogP contribution >= 0.6 is 47.1 Å². The quantitative estimate of drug-likeness (QED) is 0.0875. The van der Waals surface area contributed by atoms with Gasteiger partial charge in [-0.25, -0.2) is 0 Å². The van der Waals surface area contributed by atoms with Crippen molar-refractivity contribution in [1.29, 1.82) is 0 Å². The Labute approximate surface area is 194 Å². The molecule has 1 unspecified atom stereocenters. The highest BCUT2D eigenvalue weighted by molar-refractivity contribution is 9.29. The van der Waals surface area contributed by atoms with Crippen molar-refractivity contribution in [3.63, 3.8) is 0 Å². The predicted molar refractivity (Wildman–Crippen MR) is 128 cm³/mol. The zero-order valence-corrected chi connectivity index (χ0v) is 23.2. The summed E-state index contributed by atoms with van der Waals surface area (Å²) < 4.78 is 40.9. The van der Waals surface area contributed by atoms with Crippen LogP contribution in [0.5, 0.6) is 0 Å². The molecule has 1 N–H and O–H groups in total. The number of alkyl halides is 2. The average molecular weight is 586 g/mol. The summed E-state index contributed by atoms with van der Waals surface area (Å²) in [6, 6.07) is 0. The lowest BCUT2D eigenvalue weighted by Crippen LogP contribution is -2.19. The minimum Gasteiger partial charge on any atom is -0.322 e. The van der Waals surface area contributed by atoms with Gasteiger partial charge in [0.15, 0.2) is 0 Å². The van der Waals surface area contributed by atoms with E-state index in [4.69, 9.17) is 13.6 Å². The fraction of sp³-hybridized carbons (Fsp3) is 1.00. The van der Waals surface area contributed by atoms with E-state index in [0.29, 0.717) is 19.3 Å². The molecule has 0 aromatic carbocycles. The largest absolute Gasteiger partial charge is 0.370 e. The van der Waals surface area contributed by atoms with Crippen molar-refractivity contribution in [3.8, 4) is 0 Å². The van der Waals surface area contributed by atoms with Gasteiger partial charge in [0.1, 0.15) is 0 Å². The van der Waals surface area contributed by atoms with Crippen molar-refractivity contribution in [1.82, 2.24) is 0 Å². The van der Waals surface area contributed by atoms with Gasteiger partial charge in [-0.2, -0.15) is 0 Å². The van der Waals surface area contributed by atoms with Crippen molar-refractivity contribution in [2.24, 2.45) is 0 Å². The van der Waals surface area contributed by atoms with E-state index < -0.39 is 17.9 Å². The molecule has 0 aliphatic heterocycles. The predicted octanol–water partition coefficient (Wildman–Crippen LogP) is 8.56. The molecular formula is C19H40Br2O6P2. The number of hydrogen-bond acceptors (Lipinski definition) is 5. The van der Waals surface area contributed by atoms with Gasteiger partial charge in [-0.15, -0.1) is 0 Å². The molecule has 0 aliphatic carbocycles. The van der Waals surface area contributed by atoms with Crippen molar-refractivity contribution >= 4 is 47.1 Å². The Bertz CT molecular complexity index is 487. The van der Waals surface area contributed by atoms with Crippen LogP contribution in [0.15, 0.2) is 0 Å². The number of halogens is 2. The van der Waals surface area contributed by atoms with Crippen LogP contribution in [0, 0.1) is 0 Å². The third kappa shape index (κ3) is 11.6. The van der Waals surface area contributed by atoms with Gasteiger partial charge < -0.3 is 18.5 Å². The lowest BCUT2D eigenvalue weighted by Gasteiger charge is -2.32. The van der Waals surface area contributed by atoms with Gasteiger partial charge >= 0.3 is 15.2 Å². The van der Waals surface area contributed by atoms with E-state index in [0.717, 1.165) is 57.8 Å². The van der Waals surface area contributed by atoms with E-state index in [-0.39, 0.29) is 19.8 Å². The Morgan fingerprint density at radius 3 is 1.34 bits per heavy atom. The minimum absolute atomic E-state index is 0.111. The van der Waals surface area contributed by atoms with Gasteiger partial charge in [0, 0.05) is 0 Å². The Balaban J connectivity index is 5.04. The zero-order chi connectivity index (χ0) is 22.2. The number of unbranched alkanes of at least 4 members (excludes halogenated alkanes) is 9. The topological polar surface area (TPSA) is 82.1 Å². The molecular weight excluding hydrogens is 546 g/mol. The molecule has 29 heavy (non-hydrogen) atoms. The van der Waals surface area contributed by atoms with Crippen molar-refractivity contribution in [2.45, 2.75) is 101 Å². The first-order valence-corrected chi connectivity index (χ1v) is 15.6. The second kappa shape index (κ2) is 16.8. The molecule has 6 nitrogen and oxygen atoms in total. The molecule has 0 rings (SSSR count). The monoisotopic (exact) mass is 584 g/mol. The number of rotatable bonds is 20. The molecule has 0 aromatic rings. The maximum Gasteiger partial charge on any atom is 0.370 e. The van der Waals surface area contributed by atoms with Gasteiger partial charge in [-0.05, 0) is 51.1 Å². The molecule has 0 heterocycles. The fourth-order valence-electron chi connectivity index (χ4n) is 2.57. The summed E-state index contributed by atoms with van der Waals surface area (Å²) in [5.41, 5.74) is 0. The first-order chi connectivity index (χ1) is 13.7. The first kappa shape index (κ1) is 30.3. The highest BCUT2D eigenvalue weighted by atomic mass is 79.9. The summed E-state index contributed by atoms with van der Waals surface area (Å²) in [7, 11) is -8.38. The summed E-state index contributed by atoms with van der Waals surface area (Å²) in [5, 5.41) is 0. The summed E-state index contributed by atoms with van der Waals surface area (Å²) in [6.07, 6.45) is 11.2. The van der Waals surface area contributed by atoms with Gasteiger partial charge in [-0.3, -0.25) is 9.13 Å². The first-order valence-electron chi connectivity index (χ1n) is 10.9. The summed E-state index contributed by atoms with van der Waals surface area (Å²) in [4.78, 5) is 10.5. The van der Waals surface area contributed by atoms with Crippen molar-refractivity contribution in [2.75, 3.05) is 19.8 Å². The third-order valence-electron chi connectivity index (χ3n) is 4.45. The Hall–Kier alpha value is 1.26. The molecule has 0 spiro atoms. The van der Waals surface area contributed by atoms with Gasteiger partial charge in [0.2, 0.25) is 0 Å². The van der Waals surface area contributed by atoms with Crippen molar-refractivity contribution < 1.29 is 27.6 Å². The highest BCUT2D eigenvalue weighted by Crippen LogP contribution is 2.81. The van der Waals surface area contributed by atoms with Gasteiger partial charge in [-0.1, -0.05) is 78.6 Å². The molecule has 1 atom stereocenters. The molecule has 176 valence electrons. The normalized spacial score (nSPS) is 14.8. The molecule has 0 amide bonds. The molecule has 0 radical (unpaired) electrons. The van der Waals surface area contributed by atoms with Gasteiger partial charge in [0.05, 0.1) is 19.8 Å². The minimum atomic E-state index is -4.37. The molecule has 0 saturated carbocycles. The average Bonchev–Trinajstić information content (AvgIpc) is 2.67. The SMILES string of the molecule is CCCCCCOP(=O)(O)C(Br)(Br)P(=O)(OCCCCCC)OCCCCCC. The van der Waals surface area contributed by atoms with Crippen LogP contribution in [0.1, 0.15) is 97.8 Å². The second-order valence-corrected chi connectivity index (χ2v) is 17.6. The maximum atomic E-state index is 13.5. The summed E-state index contributed by atoms with van der Waals surface area (Å²) >= 11 is 6.28. The number of hydrogen-bond donors (Lipinski definition) is 1. The van der Waals surface area contributed by atoms with Crippen LogP contribution in [0.3, 0.4) is 0 Å². The molecule has 0 bridgehead atoms. The van der Waals surface area contributed by atoms with Crippen LogP contribution in [-0.4, -0.2) is 27.4 Å². The molecule has 10 heteroatoms. The lowest BCUT2D eigenvalue weighted by atomic mass is 10.2. The maximum absolute atomic E-state index is 13.5. The van der Waals surface area contributed by atoms with E-state index in [1.807, 2.05) is 0 Å². The smallest absolute Gasteiger partial charge is 0.322 e. The Morgan fingerprint density at radius 2 is 1.00 bits per heavy atom. The molecule has 0 aromatic heterocycles. The van der Waals surface area contributed by atoms with Crippen molar-refractivity contribution in [3.05, 3.63) is 0 Å². The van der Waals surface area contributed by atoms with Crippen LogP contribution in [0.25, 0.3) is 0 Å². The molecule has 0 saturated heterocycles. The van der Waals surface area contributed by atoms with E-state index in [9.17, 15) is 14.0 Å². The Morgan fingerprint density at radius 1 is 0.655 bits per heavy atom. The highest BCUT2D eigenvalue weighted by Gasteiger charge is 2.61. The summed E-state index contributed by atoms with van der Waals surface area (Å²) in [6.45, 7) is 6.80. The molecule has 0 fully saturated rings. The van der Waals surface area contributed by atoms with E-state index in [1.165, 1.54) is 0 Å². The van der Waals surface area contributed by atoms with E-state index >= 15 is 0 Å². The third-order valence-corrected chi connectivity index (χ3v) is 14.2. The van der Waals surface area contributed by atoms with Crippen LogP contribution in [0.2, 0.25) is 0 Å². The van der Waals surface area contributed by atoms with Gasteiger partial charge in [0.25, 0.3) is 2.72 Å². The van der Waals surface area contributed by atoms with Crippen LogP contribution in [-0.2, 0) is 22.7 Å². The second-order valence-electron chi connectivity index (χ2n) is 7.21. The molecule has 0 aliphatic rings. The zero-order valence-electron chi connectivity index (χ0n) is 18.2. The standard InChI is InChI=1S/C19H40Br2O6P2/c1-4-7-10-13-16-25-28(22,23)19(20,21)29(24,26-17-14-11-8-5-2)27-18-15-12-9-6-3/h4-18H2,1-3H3,(H,22,23). The van der Waals surface area contributed by atoms with E-state index in [2.05, 4.69) is 52.6 Å². The van der Waals surface area contributed by atoms with Crippen LogP contribution < -0.4 is 0 Å². The lowest BCUT2D eigenvalue weighted by molar-refractivity contribution is 0.193. The fourth-order valence-corrected chi connectivity index (χ4v) is 7.83. The Kier molecular flexibility index (Phi) is 17.6. The van der Waals surface area contributed by atoms with E-state index in [1.54, 1.807) is 0 Å².